The Hall–Kier alpha value is -1.75. The number of carbonyl (C=O) groups is 2. The predicted molar refractivity (Wildman–Crippen MR) is 78.9 cm³/mol. The van der Waals surface area contributed by atoms with Crippen molar-refractivity contribution in [1.29, 1.82) is 0 Å². The monoisotopic (exact) mass is 295 g/mol. The van der Waals surface area contributed by atoms with Crippen molar-refractivity contribution in [3.63, 3.8) is 0 Å². The Bertz CT molecular complexity index is 502. The van der Waals surface area contributed by atoms with Crippen LogP contribution in [0.15, 0.2) is 24.3 Å². The SMILES string of the molecule is CC(C)N1CCN(C(=O)Nc2ccc(Cl)cc2)CC1=O. The Kier molecular flexibility index (Phi) is 4.49. The van der Waals surface area contributed by atoms with Crippen LogP contribution in [0.1, 0.15) is 13.8 Å². The summed E-state index contributed by atoms with van der Waals surface area (Å²) in [6, 6.07) is 6.78. The van der Waals surface area contributed by atoms with E-state index in [4.69, 9.17) is 11.6 Å². The summed E-state index contributed by atoms with van der Waals surface area (Å²) in [7, 11) is 0. The van der Waals surface area contributed by atoms with E-state index in [1.54, 1.807) is 29.2 Å². The Morgan fingerprint density at radius 3 is 2.45 bits per heavy atom. The van der Waals surface area contributed by atoms with Crippen LogP contribution in [0.5, 0.6) is 0 Å². The molecule has 0 aliphatic carbocycles. The van der Waals surface area contributed by atoms with E-state index in [1.807, 2.05) is 13.8 Å². The van der Waals surface area contributed by atoms with Crippen molar-refractivity contribution in [2.75, 3.05) is 25.0 Å². The van der Waals surface area contributed by atoms with Gasteiger partial charge in [0.25, 0.3) is 0 Å². The van der Waals surface area contributed by atoms with Crippen molar-refractivity contribution in [3.8, 4) is 0 Å². The average molecular weight is 296 g/mol. The summed E-state index contributed by atoms with van der Waals surface area (Å²) in [6.45, 7) is 5.19. The molecule has 0 aromatic heterocycles. The molecule has 1 saturated heterocycles. The molecule has 20 heavy (non-hydrogen) atoms. The topological polar surface area (TPSA) is 52.6 Å². The van der Waals surface area contributed by atoms with Crippen LogP contribution in [-0.4, -0.2) is 47.4 Å². The molecule has 1 aromatic carbocycles. The first-order valence-corrected chi connectivity index (χ1v) is 6.96. The Balaban J connectivity index is 1.94. The van der Waals surface area contributed by atoms with Crippen LogP contribution in [0, 0.1) is 0 Å². The molecular weight excluding hydrogens is 278 g/mol. The summed E-state index contributed by atoms with van der Waals surface area (Å²) in [4.78, 5) is 27.3. The maximum Gasteiger partial charge on any atom is 0.322 e. The molecule has 1 aliphatic heterocycles. The molecule has 1 aliphatic rings. The van der Waals surface area contributed by atoms with E-state index in [0.717, 1.165) is 0 Å². The minimum atomic E-state index is -0.260. The quantitative estimate of drug-likeness (QED) is 0.911. The molecule has 1 fully saturated rings. The molecule has 108 valence electrons. The van der Waals surface area contributed by atoms with Gasteiger partial charge in [0, 0.05) is 29.8 Å². The second-order valence-electron chi connectivity index (χ2n) is 5.04. The maximum absolute atomic E-state index is 12.1. The molecule has 0 bridgehead atoms. The molecule has 6 heteroatoms. The lowest BCUT2D eigenvalue weighted by Gasteiger charge is -2.36. The highest BCUT2D eigenvalue weighted by molar-refractivity contribution is 6.30. The van der Waals surface area contributed by atoms with Crippen LogP contribution in [0.3, 0.4) is 0 Å². The van der Waals surface area contributed by atoms with Crippen molar-refractivity contribution < 1.29 is 9.59 Å². The van der Waals surface area contributed by atoms with Gasteiger partial charge in [-0.1, -0.05) is 11.6 Å². The van der Waals surface area contributed by atoms with Gasteiger partial charge < -0.3 is 15.1 Å². The lowest BCUT2D eigenvalue weighted by Crippen LogP contribution is -2.55. The van der Waals surface area contributed by atoms with E-state index in [0.29, 0.717) is 23.8 Å². The van der Waals surface area contributed by atoms with E-state index in [2.05, 4.69) is 5.32 Å². The van der Waals surface area contributed by atoms with Gasteiger partial charge in [-0.05, 0) is 38.1 Å². The van der Waals surface area contributed by atoms with Gasteiger partial charge in [0.2, 0.25) is 5.91 Å². The predicted octanol–water partition coefficient (Wildman–Crippen LogP) is 2.42. The average Bonchev–Trinajstić information content (AvgIpc) is 2.40. The summed E-state index contributed by atoms with van der Waals surface area (Å²) >= 11 is 5.79. The van der Waals surface area contributed by atoms with E-state index >= 15 is 0 Å². The van der Waals surface area contributed by atoms with Gasteiger partial charge in [0.05, 0.1) is 0 Å². The van der Waals surface area contributed by atoms with Crippen LogP contribution >= 0.6 is 11.6 Å². The minimum Gasteiger partial charge on any atom is -0.337 e. The molecule has 0 saturated carbocycles. The third kappa shape index (κ3) is 3.42. The van der Waals surface area contributed by atoms with Gasteiger partial charge in [0.15, 0.2) is 0 Å². The molecule has 2 rings (SSSR count). The second-order valence-corrected chi connectivity index (χ2v) is 5.48. The zero-order valence-electron chi connectivity index (χ0n) is 11.6. The normalized spacial score (nSPS) is 15.7. The van der Waals surface area contributed by atoms with Crippen LogP contribution in [0.4, 0.5) is 10.5 Å². The van der Waals surface area contributed by atoms with Crippen LogP contribution < -0.4 is 5.32 Å². The molecule has 1 heterocycles. The molecule has 1 aromatic rings. The third-order valence-electron chi connectivity index (χ3n) is 3.26. The fourth-order valence-electron chi connectivity index (χ4n) is 2.14. The van der Waals surface area contributed by atoms with Gasteiger partial charge in [-0.3, -0.25) is 4.79 Å². The standard InChI is InChI=1S/C14H18ClN3O2/c1-10(2)18-8-7-17(9-13(18)19)14(20)16-12-5-3-11(15)4-6-12/h3-6,10H,7-9H2,1-2H3,(H,16,20). The minimum absolute atomic E-state index is 0.0162. The smallest absolute Gasteiger partial charge is 0.322 e. The molecule has 0 unspecified atom stereocenters. The Labute approximate surface area is 123 Å². The van der Waals surface area contributed by atoms with E-state index in [-0.39, 0.29) is 24.5 Å². The Morgan fingerprint density at radius 1 is 1.25 bits per heavy atom. The van der Waals surface area contributed by atoms with Crippen LogP contribution in [-0.2, 0) is 4.79 Å². The molecule has 1 N–H and O–H groups in total. The molecule has 5 nitrogen and oxygen atoms in total. The van der Waals surface area contributed by atoms with Crippen molar-refractivity contribution in [3.05, 3.63) is 29.3 Å². The first kappa shape index (κ1) is 14.7. The van der Waals surface area contributed by atoms with Crippen molar-refractivity contribution in [1.82, 2.24) is 9.80 Å². The second kappa shape index (κ2) is 6.13. The Morgan fingerprint density at radius 2 is 1.90 bits per heavy atom. The van der Waals surface area contributed by atoms with Gasteiger partial charge in [-0.15, -0.1) is 0 Å². The van der Waals surface area contributed by atoms with Gasteiger partial charge in [-0.2, -0.15) is 0 Å². The molecule has 3 amide bonds. The fraction of sp³-hybridized carbons (Fsp3) is 0.429. The zero-order chi connectivity index (χ0) is 14.7. The summed E-state index contributed by atoms with van der Waals surface area (Å²) in [5.41, 5.74) is 0.665. The van der Waals surface area contributed by atoms with E-state index in [9.17, 15) is 9.59 Å². The lowest BCUT2D eigenvalue weighted by atomic mass is 10.2. The largest absolute Gasteiger partial charge is 0.337 e. The number of carbonyl (C=O) groups excluding carboxylic acids is 2. The fourth-order valence-corrected chi connectivity index (χ4v) is 2.27. The number of piperazine rings is 1. The third-order valence-corrected chi connectivity index (χ3v) is 3.52. The number of rotatable bonds is 2. The van der Waals surface area contributed by atoms with Crippen molar-refractivity contribution >= 4 is 29.2 Å². The highest BCUT2D eigenvalue weighted by atomic mass is 35.5. The number of nitrogens with one attached hydrogen (secondary N) is 1. The first-order chi connectivity index (χ1) is 9.47. The lowest BCUT2D eigenvalue weighted by molar-refractivity contribution is -0.136. The summed E-state index contributed by atoms with van der Waals surface area (Å²) < 4.78 is 0. The number of benzene rings is 1. The summed E-state index contributed by atoms with van der Waals surface area (Å²) in [5, 5.41) is 3.38. The van der Waals surface area contributed by atoms with E-state index < -0.39 is 0 Å². The number of hydrogen-bond acceptors (Lipinski definition) is 2. The number of anilines is 1. The number of urea groups is 1. The van der Waals surface area contributed by atoms with Crippen LogP contribution in [0.25, 0.3) is 0 Å². The first-order valence-electron chi connectivity index (χ1n) is 6.58. The molecule has 0 spiro atoms. The van der Waals surface area contributed by atoms with Crippen molar-refractivity contribution in [2.45, 2.75) is 19.9 Å². The number of nitrogens with zero attached hydrogens (tertiary/aromatic N) is 2. The summed E-state index contributed by atoms with van der Waals surface area (Å²) in [5.74, 6) is -0.0162. The number of halogens is 1. The maximum atomic E-state index is 12.1. The molecule has 0 atom stereocenters. The zero-order valence-corrected chi connectivity index (χ0v) is 12.4. The summed E-state index contributed by atoms with van der Waals surface area (Å²) in [6.07, 6.45) is 0. The van der Waals surface area contributed by atoms with Crippen LogP contribution in [0.2, 0.25) is 5.02 Å². The van der Waals surface area contributed by atoms with E-state index in [1.165, 1.54) is 4.90 Å². The highest BCUT2D eigenvalue weighted by Crippen LogP contribution is 2.15. The highest BCUT2D eigenvalue weighted by Gasteiger charge is 2.28. The molecule has 0 radical (unpaired) electrons. The van der Waals surface area contributed by atoms with Gasteiger partial charge in [0.1, 0.15) is 6.54 Å². The van der Waals surface area contributed by atoms with Gasteiger partial charge >= 0.3 is 6.03 Å². The number of amides is 3. The molecular formula is C14H18ClN3O2. The van der Waals surface area contributed by atoms with Gasteiger partial charge in [-0.25, -0.2) is 4.79 Å². The number of hydrogen-bond donors (Lipinski definition) is 1. The van der Waals surface area contributed by atoms with Crippen molar-refractivity contribution in [2.24, 2.45) is 0 Å².